The Morgan fingerprint density at radius 2 is 2.15 bits per heavy atom. The molecular weight excluding hydrogens is 248 g/mol. The van der Waals surface area contributed by atoms with Crippen molar-refractivity contribution in [3.05, 3.63) is 0 Å². The Morgan fingerprint density at radius 1 is 1.30 bits per heavy atom. The van der Waals surface area contributed by atoms with Gasteiger partial charge in [-0.1, -0.05) is 19.8 Å². The second-order valence-electron chi connectivity index (χ2n) is 7.43. The zero-order valence-corrected chi connectivity index (χ0v) is 13.8. The van der Waals surface area contributed by atoms with E-state index in [1.54, 1.807) is 0 Å². The van der Waals surface area contributed by atoms with E-state index in [0.717, 1.165) is 18.4 Å². The molecule has 0 aromatic heterocycles. The highest BCUT2D eigenvalue weighted by molar-refractivity contribution is 4.90. The number of hydrogen-bond acceptors (Lipinski definition) is 3. The fourth-order valence-electron chi connectivity index (χ4n) is 4.64. The molecule has 3 nitrogen and oxygen atoms in total. The van der Waals surface area contributed by atoms with E-state index in [9.17, 15) is 0 Å². The Balaban J connectivity index is 1.93. The van der Waals surface area contributed by atoms with Gasteiger partial charge in [-0.25, -0.2) is 0 Å². The maximum atomic E-state index is 5.37. The van der Waals surface area contributed by atoms with Crippen LogP contribution in [0, 0.1) is 17.3 Å². The lowest BCUT2D eigenvalue weighted by Gasteiger charge is -2.45. The van der Waals surface area contributed by atoms with E-state index < -0.39 is 0 Å². The highest BCUT2D eigenvalue weighted by atomic mass is 16.5. The van der Waals surface area contributed by atoms with E-state index in [0.29, 0.717) is 5.41 Å². The molecule has 20 heavy (non-hydrogen) atoms. The van der Waals surface area contributed by atoms with Crippen molar-refractivity contribution in [2.45, 2.75) is 45.4 Å². The lowest BCUT2D eigenvalue weighted by atomic mass is 9.69. The summed E-state index contributed by atoms with van der Waals surface area (Å²) < 4.78 is 5.37. The van der Waals surface area contributed by atoms with E-state index in [1.807, 2.05) is 7.11 Å². The van der Waals surface area contributed by atoms with Crippen molar-refractivity contribution in [1.82, 2.24) is 10.2 Å². The average Bonchev–Trinajstić information content (AvgIpc) is 2.39. The molecule has 3 atom stereocenters. The predicted octanol–water partition coefficient (Wildman–Crippen LogP) is 2.76. The highest BCUT2D eigenvalue weighted by Gasteiger charge is 2.36. The predicted molar refractivity (Wildman–Crippen MR) is 85.0 cm³/mol. The summed E-state index contributed by atoms with van der Waals surface area (Å²) in [7, 11) is 3.95. The summed E-state index contributed by atoms with van der Waals surface area (Å²) in [5.74, 6) is 1.65. The first-order valence-electron chi connectivity index (χ1n) is 8.53. The highest BCUT2D eigenvalue weighted by Crippen LogP contribution is 2.40. The fourth-order valence-corrected chi connectivity index (χ4v) is 4.64. The van der Waals surface area contributed by atoms with Gasteiger partial charge in [-0.3, -0.25) is 0 Å². The Hall–Kier alpha value is -0.120. The van der Waals surface area contributed by atoms with Crippen LogP contribution in [0.3, 0.4) is 0 Å². The summed E-state index contributed by atoms with van der Waals surface area (Å²) in [5.41, 5.74) is 0.515. The number of methoxy groups -OCH3 is 1. The molecule has 2 fully saturated rings. The maximum absolute atomic E-state index is 5.37. The fraction of sp³-hybridized carbons (Fsp3) is 1.00. The van der Waals surface area contributed by atoms with Crippen molar-refractivity contribution in [3.63, 3.8) is 0 Å². The zero-order chi connectivity index (χ0) is 14.4. The van der Waals surface area contributed by atoms with Gasteiger partial charge in [-0.2, -0.15) is 0 Å². The minimum absolute atomic E-state index is 0.515. The van der Waals surface area contributed by atoms with Crippen molar-refractivity contribution >= 4 is 0 Å². The summed E-state index contributed by atoms with van der Waals surface area (Å²) in [6.45, 7) is 8.38. The Bertz CT molecular complexity index is 278. The van der Waals surface area contributed by atoms with E-state index in [-0.39, 0.29) is 0 Å². The van der Waals surface area contributed by atoms with Crippen LogP contribution in [-0.4, -0.2) is 51.8 Å². The summed E-state index contributed by atoms with van der Waals surface area (Å²) in [5, 5.41) is 3.47. The molecule has 1 saturated carbocycles. The van der Waals surface area contributed by atoms with Gasteiger partial charge in [0.25, 0.3) is 0 Å². The van der Waals surface area contributed by atoms with Gasteiger partial charge >= 0.3 is 0 Å². The Morgan fingerprint density at radius 3 is 2.85 bits per heavy atom. The zero-order valence-electron chi connectivity index (χ0n) is 13.8. The minimum Gasteiger partial charge on any atom is -0.384 e. The minimum atomic E-state index is 0.515. The molecule has 0 aromatic carbocycles. The van der Waals surface area contributed by atoms with Crippen LogP contribution >= 0.6 is 0 Å². The third-order valence-corrected chi connectivity index (χ3v) is 5.30. The summed E-state index contributed by atoms with van der Waals surface area (Å²) in [6.07, 6.45) is 8.35. The third-order valence-electron chi connectivity index (χ3n) is 5.30. The first-order valence-corrected chi connectivity index (χ1v) is 8.53. The molecule has 0 aromatic rings. The number of rotatable bonds is 6. The average molecular weight is 282 g/mol. The van der Waals surface area contributed by atoms with Crippen molar-refractivity contribution in [1.29, 1.82) is 0 Å². The SMILES string of the molecule is CNCC1(CN2CCCC(COC)C2)CCCC(C)C1. The van der Waals surface area contributed by atoms with E-state index >= 15 is 0 Å². The molecule has 0 amide bonds. The number of nitrogens with one attached hydrogen (secondary N) is 1. The van der Waals surface area contributed by atoms with Crippen molar-refractivity contribution in [2.75, 3.05) is 46.9 Å². The topological polar surface area (TPSA) is 24.5 Å². The van der Waals surface area contributed by atoms with Crippen LogP contribution in [0.5, 0.6) is 0 Å². The molecular formula is C17H34N2O. The monoisotopic (exact) mass is 282 g/mol. The van der Waals surface area contributed by atoms with Crippen molar-refractivity contribution < 1.29 is 4.74 Å². The van der Waals surface area contributed by atoms with Crippen LogP contribution in [-0.2, 0) is 4.74 Å². The van der Waals surface area contributed by atoms with Gasteiger partial charge in [-0.05, 0) is 56.5 Å². The van der Waals surface area contributed by atoms with Crippen LogP contribution in [0.15, 0.2) is 0 Å². The molecule has 0 bridgehead atoms. The standard InChI is InChI=1S/C17H34N2O/c1-15-6-4-8-17(10-15,13-18-2)14-19-9-5-7-16(11-19)12-20-3/h15-16,18H,4-14H2,1-3H3. The van der Waals surface area contributed by atoms with Crippen LogP contribution in [0.2, 0.25) is 0 Å². The van der Waals surface area contributed by atoms with E-state index in [2.05, 4.69) is 24.2 Å². The summed E-state index contributed by atoms with van der Waals surface area (Å²) in [6, 6.07) is 0. The van der Waals surface area contributed by atoms with Crippen molar-refractivity contribution in [2.24, 2.45) is 17.3 Å². The largest absolute Gasteiger partial charge is 0.384 e. The number of ether oxygens (including phenoxy) is 1. The van der Waals surface area contributed by atoms with Crippen molar-refractivity contribution in [3.8, 4) is 0 Å². The lowest BCUT2D eigenvalue weighted by Crippen LogP contribution is -2.49. The molecule has 118 valence electrons. The molecule has 1 heterocycles. The number of hydrogen-bond donors (Lipinski definition) is 1. The van der Waals surface area contributed by atoms with Gasteiger partial charge in [0.05, 0.1) is 6.61 Å². The lowest BCUT2D eigenvalue weighted by molar-refractivity contribution is 0.0388. The summed E-state index contributed by atoms with van der Waals surface area (Å²) in [4.78, 5) is 2.72. The summed E-state index contributed by atoms with van der Waals surface area (Å²) >= 11 is 0. The van der Waals surface area contributed by atoms with Gasteiger partial charge in [-0.15, -0.1) is 0 Å². The van der Waals surface area contributed by atoms with Gasteiger partial charge in [0, 0.05) is 26.7 Å². The third kappa shape index (κ3) is 4.44. The molecule has 1 saturated heterocycles. The van der Waals surface area contributed by atoms with Crippen LogP contribution in [0.1, 0.15) is 45.4 Å². The Kier molecular flexibility index (Phi) is 6.31. The maximum Gasteiger partial charge on any atom is 0.0502 e. The first-order chi connectivity index (χ1) is 9.67. The van der Waals surface area contributed by atoms with Gasteiger partial charge in [0.15, 0.2) is 0 Å². The molecule has 0 radical (unpaired) electrons. The molecule has 2 aliphatic rings. The molecule has 2 rings (SSSR count). The molecule has 3 heteroatoms. The van der Waals surface area contributed by atoms with Gasteiger partial charge in [0.1, 0.15) is 0 Å². The molecule has 1 N–H and O–H groups in total. The molecule has 0 spiro atoms. The van der Waals surface area contributed by atoms with Gasteiger partial charge < -0.3 is 15.0 Å². The number of likely N-dealkylation sites (tertiary alicyclic amines) is 1. The van der Waals surface area contributed by atoms with E-state index in [4.69, 9.17) is 4.74 Å². The second-order valence-corrected chi connectivity index (χ2v) is 7.43. The van der Waals surface area contributed by atoms with Crippen LogP contribution < -0.4 is 5.32 Å². The van der Waals surface area contributed by atoms with Crippen LogP contribution in [0.25, 0.3) is 0 Å². The van der Waals surface area contributed by atoms with Gasteiger partial charge in [0.2, 0.25) is 0 Å². The first kappa shape index (κ1) is 16.3. The quantitative estimate of drug-likeness (QED) is 0.811. The Labute approximate surface area is 125 Å². The van der Waals surface area contributed by atoms with E-state index in [1.165, 1.54) is 64.7 Å². The number of piperidine rings is 1. The molecule has 3 unspecified atom stereocenters. The normalized spacial score (nSPS) is 36.1. The number of nitrogens with zero attached hydrogens (tertiary/aromatic N) is 1. The second kappa shape index (κ2) is 7.77. The molecule has 1 aliphatic carbocycles. The molecule has 1 aliphatic heterocycles. The van der Waals surface area contributed by atoms with Crippen LogP contribution in [0.4, 0.5) is 0 Å². The smallest absolute Gasteiger partial charge is 0.0502 e.